The summed E-state index contributed by atoms with van der Waals surface area (Å²) < 4.78 is 0. The summed E-state index contributed by atoms with van der Waals surface area (Å²) in [6.07, 6.45) is 1.82. The van der Waals surface area contributed by atoms with Crippen LogP contribution in [0.1, 0.15) is 11.3 Å². The highest BCUT2D eigenvalue weighted by Crippen LogP contribution is 1.99. The Labute approximate surface area is 66.2 Å². The van der Waals surface area contributed by atoms with E-state index in [1.165, 1.54) is 5.56 Å². The Morgan fingerprint density at radius 3 is 3.09 bits per heavy atom. The zero-order valence-electron chi connectivity index (χ0n) is 6.72. The lowest BCUT2D eigenvalue weighted by atomic mass is 10.3. The first-order chi connectivity index (χ1) is 5.34. The number of nitrogens with zero attached hydrogens (tertiary/aromatic N) is 1. The predicted octanol–water partition coefficient (Wildman–Crippen LogP) is -0.234. The normalized spacial score (nSPS) is 10.4. The molecule has 0 atom stereocenters. The van der Waals surface area contributed by atoms with Crippen molar-refractivity contribution in [1.82, 2.24) is 15.5 Å². The first kappa shape index (κ1) is 8.23. The van der Waals surface area contributed by atoms with E-state index in [-0.39, 0.29) is 0 Å². The van der Waals surface area contributed by atoms with Crippen LogP contribution in [0.25, 0.3) is 0 Å². The second kappa shape index (κ2) is 4.10. The molecule has 0 amide bonds. The number of aromatic amines is 1. The lowest BCUT2D eigenvalue weighted by molar-refractivity contribution is 0.678. The van der Waals surface area contributed by atoms with E-state index in [9.17, 15) is 0 Å². The molecule has 0 unspecified atom stereocenters. The van der Waals surface area contributed by atoms with Crippen molar-refractivity contribution in [3.05, 3.63) is 17.5 Å². The summed E-state index contributed by atoms with van der Waals surface area (Å²) in [6, 6.07) is 0. The SMILES string of the molecule is Cc1cn[nH]c1CNCCN. The zero-order chi connectivity index (χ0) is 8.10. The molecule has 4 heteroatoms. The Balaban J connectivity index is 2.32. The van der Waals surface area contributed by atoms with Crippen molar-refractivity contribution in [2.24, 2.45) is 5.73 Å². The van der Waals surface area contributed by atoms with Gasteiger partial charge in [-0.15, -0.1) is 0 Å². The summed E-state index contributed by atoms with van der Waals surface area (Å²) in [4.78, 5) is 0. The minimum absolute atomic E-state index is 0.674. The number of rotatable bonds is 4. The summed E-state index contributed by atoms with van der Waals surface area (Å²) in [5, 5.41) is 10.00. The molecule has 1 heterocycles. The number of nitrogens with one attached hydrogen (secondary N) is 2. The summed E-state index contributed by atoms with van der Waals surface area (Å²) in [6.45, 7) is 4.37. The summed E-state index contributed by atoms with van der Waals surface area (Å²) in [7, 11) is 0. The topological polar surface area (TPSA) is 66.7 Å². The molecule has 0 saturated heterocycles. The molecular formula is C7H14N4. The van der Waals surface area contributed by atoms with Crippen molar-refractivity contribution in [2.75, 3.05) is 13.1 Å². The third-order valence-electron chi connectivity index (χ3n) is 1.56. The molecule has 0 aromatic carbocycles. The number of aryl methyl sites for hydroxylation is 1. The Kier molecular flexibility index (Phi) is 3.07. The smallest absolute Gasteiger partial charge is 0.0519 e. The Morgan fingerprint density at radius 2 is 2.55 bits per heavy atom. The molecular weight excluding hydrogens is 140 g/mol. The van der Waals surface area contributed by atoms with Gasteiger partial charge in [-0.25, -0.2) is 0 Å². The lowest BCUT2D eigenvalue weighted by Gasteiger charge is -2.00. The van der Waals surface area contributed by atoms with Gasteiger partial charge in [-0.3, -0.25) is 5.10 Å². The maximum absolute atomic E-state index is 5.32. The fourth-order valence-corrected chi connectivity index (χ4v) is 0.868. The van der Waals surface area contributed by atoms with Crippen LogP contribution in [-0.4, -0.2) is 23.3 Å². The van der Waals surface area contributed by atoms with E-state index in [4.69, 9.17) is 5.73 Å². The molecule has 0 spiro atoms. The van der Waals surface area contributed by atoms with Gasteiger partial charge in [0.05, 0.1) is 11.9 Å². The molecule has 0 saturated carbocycles. The molecule has 62 valence electrons. The van der Waals surface area contributed by atoms with Crippen molar-refractivity contribution < 1.29 is 0 Å². The first-order valence-electron chi connectivity index (χ1n) is 3.74. The summed E-state index contributed by atoms with van der Waals surface area (Å²) in [5.74, 6) is 0. The van der Waals surface area contributed by atoms with E-state index in [1.807, 2.05) is 13.1 Å². The highest BCUT2D eigenvalue weighted by Gasteiger charge is 1.97. The number of hydrogen-bond donors (Lipinski definition) is 3. The number of hydrogen-bond acceptors (Lipinski definition) is 3. The predicted molar refractivity (Wildman–Crippen MR) is 44.1 cm³/mol. The summed E-state index contributed by atoms with van der Waals surface area (Å²) >= 11 is 0. The van der Waals surface area contributed by atoms with Crippen molar-refractivity contribution >= 4 is 0 Å². The first-order valence-corrected chi connectivity index (χ1v) is 3.74. The number of aromatic nitrogens is 2. The van der Waals surface area contributed by atoms with Gasteiger partial charge in [-0.05, 0) is 12.5 Å². The molecule has 0 aliphatic rings. The van der Waals surface area contributed by atoms with Gasteiger partial charge in [-0.1, -0.05) is 0 Å². The van der Waals surface area contributed by atoms with E-state index in [0.717, 1.165) is 18.8 Å². The van der Waals surface area contributed by atoms with Gasteiger partial charge in [0.2, 0.25) is 0 Å². The molecule has 0 aliphatic heterocycles. The second-order valence-electron chi connectivity index (χ2n) is 2.50. The molecule has 4 N–H and O–H groups in total. The van der Waals surface area contributed by atoms with Crippen molar-refractivity contribution in [1.29, 1.82) is 0 Å². The Hall–Kier alpha value is -0.870. The van der Waals surface area contributed by atoms with Gasteiger partial charge < -0.3 is 11.1 Å². The van der Waals surface area contributed by atoms with Crippen molar-refractivity contribution in [3.8, 4) is 0 Å². The maximum atomic E-state index is 5.32. The number of H-pyrrole nitrogens is 1. The molecule has 4 nitrogen and oxygen atoms in total. The summed E-state index contributed by atoms with van der Waals surface area (Å²) in [5.41, 5.74) is 7.64. The average Bonchev–Trinajstić information content (AvgIpc) is 2.37. The molecule has 0 fully saturated rings. The monoisotopic (exact) mass is 154 g/mol. The van der Waals surface area contributed by atoms with E-state index < -0.39 is 0 Å². The highest BCUT2D eigenvalue weighted by molar-refractivity contribution is 5.13. The number of nitrogens with two attached hydrogens (primary N) is 1. The Morgan fingerprint density at radius 1 is 1.73 bits per heavy atom. The van der Waals surface area contributed by atoms with Crippen LogP contribution >= 0.6 is 0 Å². The average molecular weight is 154 g/mol. The highest BCUT2D eigenvalue weighted by atomic mass is 15.1. The quantitative estimate of drug-likeness (QED) is 0.525. The van der Waals surface area contributed by atoms with Gasteiger partial charge in [0.25, 0.3) is 0 Å². The van der Waals surface area contributed by atoms with Crippen LogP contribution in [0.5, 0.6) is 0 Å². The van der Waals surface area contributed by atoms with E-state index in [2.05, 4.69) is 15.5 Å². The fraction of sp³-hybridized carbons (Fsp3) is 0.571. The van der Waals surface area contributed by atoms with Crippen LogP contribution in [0, 0.1) is 6.92 Å². The van der Waals surface area contributed by atoms with Crippen LogP contribution < -0.4 is 11.1 Å². The van der Waals surface area contributed by atoms with E-state index in [1.54, 1.807) is 0 Å². The van der Waals surface area contributed by atoms with Crippen LogP contribution in [0.15, 0.2) is 6.20 Å². The van der Waals surface area contributed by atoms with Gasteiger partial charge >= 0.3 is 0 Å². The third-order valence-corrected chi connectivity index (χ3v) is 1.56. The fourth-order valence-electron chi connectivity index (χ4n) is 0.868. The van der Waals surface area contributed by atoms with Gasteiger partial charge in [0.15, 0.2) is 0 Å². The molecule has 11 heavy (non-hydrogen) atoms. The van der Waals surface area contributed by atoms with Crippen LogP contribution in [-0.2, 0) is 6.54 Å². The molecule has 1 rings (SSSR count). The minimum atomic E-state index is 0.674. The molecule has 0 aliphatic carbocycles. The minimum Gasteiger partial charge on any atom is -0.329 e. The van der Waals surface area contributed by atoms with Crippen LogP contribution in [0.3, 0.4) is 0 Å². The lowest BCUT2D eigenvalue weighted by Crippen LogP contribution is -2.22. The zero-order valence-corrected chi connectivity index (χ0v) is 6.72. The van der Waals surface area contributed by atoms with Crippen molar-refractivity contribution in [2.45, 2.75) is 13.5 Å². The molecule has 1 aromatic heterocycles. The largest absolute Gasteiger partial charge is 0.329 e. The molecule has 1 aromatic rings. The van der Waals surface area contributed by atoms with Gasteiger partial charge in [0, 0.05) is 19.6 Å². The van der Waals surface area contributed by atoms with E-state index >= 15 is 0 Å². The van der Waals surface area contributed by atoms with E-state index in [0.29, 0.717) is 6.54 Å². The standard InChI is InChI=1S/C7H14N4/c1-6-4-10-11-7(6)5-9-3-2-8/h4,9H,2-3,5,8H2,1H3,(H,10,11). The Bertz CT molecular complexity index is 206. The van der Waals surface area contributed by atoms with Gasteiger partial charge in [-0.2, -0.15) is 5.10 Å². The molecule has 0 bridgehead atoms. The van der Waals surface area contributed by atoms with Crippen molar-refractivity contribution in [3.63, 3.8) is 0 Å². The second-order valence-corrected chi connectivity index (χ2v) is 2.50. The van der Waals surface area contributed by atoms with Crippen LogP contribution in [0.4, 0.5) is 0 Å². The maximum Gasteiger partial charge on any atom is 0.0519 e. The van der Waals surface area contributed by atoms with Crippen LogP contribution in [0.2, 0.25) is 0 Å². The molecule has 0 radical (unpaired) electrons. The van der Waals surface area contributed by atoms with Gasteiger partial charge in [0.1, 0.15) is 0 Å². The third kappa shape index (κ3) is 2.32.